The average Bonchev–Trinajstić information content (AvgIpc) is 3.20. The molecule has 1 aromatic carbocycles. The number of thiophene rings is 1. The largest absolute Gasteiger partial charge is 0.349 e. The Hall–Kier alpha value is -2.06. The number of thioether (sulfide) groups is 1. The highest BCUT2D eigenvalue weighted by molar-refractivity contribution is 8.00. The van der Waals surface area contributed by atoms with Crippen LogP contribution in [0.4, 0.5) is 8.78 Å². The molecule has 3 aromatic rings. The van der Waals surface area contributed by atoms with Crippen molar-refractivity contribution in [3.05, 3.63) is 52.2 Å². The molecule has 4 nitrogen and oxygen atoms in total. The lowest BCUT2D eigenvalue weighted by Gasteiger charge is -2.15. The van der Waals surface area contributed by atoms with Gasteiger partial charge in [-0.1, -0.05) is 17.8 Å². The molecule has 8 heteroatoms. The number of amides is 1. The second kappa shape index (κ2) is 7.52. The number of aromatic nitrogens is 2. The average molecular weight is 405 g/mol. The minimum Gasteiger partial charge on any atom is -0.349 e. The van der Waals surface area contributed by atoms with Gasteiger partial charge in [-0.25, -0.2) is 18.7 Å². The number of carbonyl (C=O) groups excluding carboxylic acids is 1. The molecule has 27 heavy (non-hydrogen) atoms. The van der Waals surface area contributed by atoms with E-state index in [4.69, 9.17) is 0 Å². The summed E-state index contributed by atoms with van der Waals surface area (Å²) in [6.45, 7) is 1.67. The van der Waals surface area contributed by atoms with Gasteiger partial charge in [-0.05, 0) is 37.8 Å². The van der Waals surface area contributed by atoms with Crippen molar-refractivity contribution in [1.29, 1.82) is 0 Å². The van der Waals surface area contributed by atoms with Crippen LogP contribution < -0.4 is 5.32 Å². The monoisotopic (exact) mass is 405 g/mol. The van der Waals surface area contributed by atoms with Crippen LogP contribution in [0.3, 0.4) is 0 Å². The van der Waals surface area contributed by atoms with Gasteiger partial charge in [-0.15, -0.1) is 11.3 Å². The standard InChI is InChI=1S/C19H17F2N3OS2/c1-10(12-6-5-11(20)7-14(12)21)24-16(25)8-26-18-17-13-3-2-4-15(13)27-19(17)23-9-22-18/h5-7,9-10H,2-4,8H2,1H3,(H,24,25)/t10-/m0/s1. The maximum atomic E-state index is 13.9. The van der Waals surface area contributed by atoms with Crippen LogP contribution in [-0.2, 0) is 17.6 Å². The predicted molar refractivity (Wildman–Crippen MR) is 103 cm³/mol. The van der Waals surface area contributed by atoms with Gasteiger partial charge in [0.15, 0.2) is 0 Å². The van der Waals surface area contributed by atoms with Crippen molar-refractivity contribution in [3.63, 3.8) is 0 Å². The Labute approximate surface area is 163 Å². The molecule has 0 fully saturated rings. The summed E-state index contributed by atoms with van der Waals surface area (Å²) >= 11 is 3.07. The van der Waals surface area contributed by atoms with Gasteiger partial charge < -0.3 is 5.32 Å². The highest BCUT2D eigenvalue weighted by Gasteiger charge is 2.22. The van der Waals surface area contributed by atoms with E-state index in [1.165, 1.54) is 40.7 Å². The number of hydrogen-bond donors (Lipinski definition) is 1. The van der Waals surface area contributed by atoms with Crippen LogP contribution in [0.15, 0.2) is 29.6 Å². The molecule has 1 atom stereocenters. The van der Waals surface area contributed by atoms with Crippen LogP contribution in [0.1, 0.15) is 35.4 Å². The van der Waals surface area contributed by atoms with E-state index in [2.05, 4.69) is 15.3 Å². The number of fused-ring (bicyclic) bond motifs is 3. The maximum absolute atomic E-state index is 13.9. The Morgan fingerprint density at radius 1 is 1.33 bits per heavy atom. The van der Waals surface area contributed by atoms with Gasteiger partial charge >= 0.3 is 0 Å². The van der Waals surface area contributed by atoms with Crippen molar-refractivity contribution in [3.8, 4) is 0 Å². The fraction of sp³-hybridized carbons (Fsp3) is 0.316. The van der Waals surface area contributed by atoms with E-state index < -0.39 is 17.7 Å². The van der Waals surface area contributed by atoms with Gasteiger partial charge in [0.25, 0.3) is 0 Å². The van der Waals surface area contributed by atoms with Crippen molar-refractivity contribution >= 4 is 39.2 Å². The summed E-state index contributed by atoms with van der Waals surface area (Å²) in [7, 11) is 0. The Morgan fingerprint density at radius 2 is 2.19 bits per heavy atom. The van der Waals surface area contributed by atoms with Crippen molar-refractivity contribution in [2.24, 2.45) is 0 Å². The van der Waals surface area contributed by atoms with Gasteiger partial charge in [0.05, 0.1) is 11.8 Å². The molecule has 0 radical (unpaired) electrons. The lowest BCUT2D eigenvalue weighted by molar-refractivity contribution is -0.119. The summed E-state index contributed by atoms with van der Waals surface area (Å²) in [5.41, 5.74) is 1.58. The van der Waals surface area contributed by atoms with Crippen molar-refractivity contribution in [1.82, 2.24) is 15.3 Å². The summed E-state index contributed by atoms with van der Waals surface area (Å²) in [5.74, 6) is -1.36. The first-order chi connectivity index (χ1) is 13.0. The maximum Gasteiger partial charge on any atom is 0.230 e. The highest BCUT2D eigenvalue weighted by Crippen LogP contribution is 2.39. The molecule has 0 saturated heterocycles. The van der Waals surface area contributed by atoms with Crippen molar-refractivity contribution in [2.45, 2.75) is 37.3 Å². The lowest BCUT2D eigenvalue weighted by atomic mass is 10.1. The molecule has 0 spiro atoms. The molecule has 1 amide bonds. The zero-order chi connectivity index (χ0) is 19.0. The van der Waals surface area contributed by atoms with Gasteiger partial charge in [0.1, 0.15) is 27.8 Å². The third-order valence-electron chi connectivity index (χ3n) is 4.61. The Balaban J connectivity index is 1.44. The molecule has 0 unspecified atom stereocenters. The van der Waals surface area contributed by atoms with E-state index >= 15 is 0 Å². The van der Waals surface area contributed by atoms with Crippen LogP contribution in [0.5, 0.6) is 0 Å². The van der Waals surface area contributed by atoms with Gasteiger partial charge in [-0.2, -0.15) is 0 Å². The molecule has 140 valence electrons. The molecule has 2 aromatic heterocycles. The molecule has 0 bridgehead atoms. The van der Waals surface area contributed by atoms with E-state index in [0.29, 0.717) is 0 Å². The normalized spacial score (nSPS) is 14.3. The van der Waals surface area contributed by atoms with Gasteiger partial charge in [0.2, 0.25) is 5.91 Å². The number of aryl methyl sites for hydroxylation is 2. The Kier molecular flexibility index (Phi) is 5.10. The van der Waals surface area contributed by atoms with Crippen LogP contribution >= 0.6 is 23.1 Å². The summed E-state index contributed by atoms with van der Waals surface area (Å²) in [6.07, 6.45) is 4.80. The fourth-order valence-electron chi connectivity index (χ4n) is 3.36. The van der Waals surface area contributed by atoms with Crippen molar-refractivity contribution in [2.75, 3.05) is 5.75 Å². The number of rotatable bonds is 5. The van der Waals surface area contributed by atoms with Crippen LogP contribution in [0.25, 0.3) is 10.2 Å². The fourth-order valence-corrected chi connectivity index (χ4v) is 5.49. The van der Waals surface area contributed by atoms with Crippen LogP contribution in [-0.4, -0.2) is 21.6 Å². The number of carbonyl (C=O) groups is 1. The Morgan fingerprint density at radius 3 is 3.00 bits per heavy atom. The van der Waals surface area contributed by atoms with Gasteiger partial charge in [0, 0.05) is 21.9 Å². The van der Waals surface area contributed by atoms with Crippen LogP contribution in [0, 0.1) is 11.6 Å². The van der Waals surface area contributed by atoms with Gasteiger partial charge in [-0.3, -0.25) is 4.79 Å². The molecule has 1 aliphatic rings. The SMILES string of the molecule is C[C@H](NC(=O)CSc1ncnc2sc3c(c12)CCC3)c1ccc(F)cc1F. The summed E-state index contributed by atoms with van der Waals surface area (Å²) in [4.78, 5) is 23.4. The first kappa shape index (κ1) is 18.3. The molecule has 0 aliphatic heterocycles. The lowest BCUT2D eigenvalue weighted by Crippen LogP contribution is -2.28. The second-order valence-corrected chi connectivity index (χ2v) is 8.51. The van der Waals surface area contributed by atoms with Crippen molar-refractivity contribution < 1.29 is 13.6 Å². The topological polar surface area (TPSA) is 54.9 Å². The van der Waals surface area contributed by atoms with E-state index in [0.717, 1.165) is 40.6 Å². The first-order valence-corrected chi connectivity index (χ1v) is 10.5. The molecule has 1 N–H and O–H groups in total. The zero-order valence-corrected chi connectivity index (χ0v) is 16.2. The molecule has 1 aliphatic carbocycles. The second-order valence-electron chi connectivity index (χ2n) is 6.46. The minimum absolute atomic E-state index is 0.171. The Bertz CT molecular complexity index is 1020. The highest BCUT2D eigenvalue weighted by atomic mass is 32.2. The predicted octanol–water partition coefficient (Wildman–Crippen LogP) is 4.43. The zero-order valence-electron chi connectivity index (χ0n) is 14.6. The number of nitrogens with one attached hydrogen (secondary N) is 1. The third kappa shape index (κ3) is 3.68. The van der Waals surface area contributed by atoms with E-state index in [1.807, 2.05) is 0 Å². The molecular weight excluding hydrogens is 388 g/mol. The summed E-state index contributed by atoms with van der Waals surface area (Å²) < 4.78 is 26.9. The van der Waals surface area contributed by atoms with Crippen LogP contribution in [0.2, 0.25) is 0 Å². The summed E-state index contributed by atoms with van der Waals surface area (Å²) in [6, 6.07) is 2.81. The summed E-state index contributed by atoms with van der Waals surface area (Å²) in [5, 5.41) is 4.65. The molecular formula is C19H17F2N3OS2. The number of halogens is 2. The first-order valence-electron chi connectivity index (χ1n) is 8.65. The molecule has 2 heterocycles. The van der Waals surface area contributed by atoms with E-state index in [9.17, 15) is 13.6 Å². The number of nitrogens with zero attached hydrogens (tertiary/aromatic N) is 2. The molecule has 4 rings (SSSR count). The number of benzene rings is 1. The van der Waals surface area contributed by atoms with E-state index in [1.54, 1.807) is 18.3 Å². The smallest absolute Gasteiger partial charge is 0.230 e. The number of hydrogen-bond acceptors (Lipinski definition) is 5. The van der Waals surface area contributed by atoms with E-state index in [-0.39, 0.29) is 17.2 Å². The minimum atomic E-state index is -0.665. The third-order valence-corrected chi connectivity index (χ3v) is 6.80. The molecule has 0 saturated carbocycles. The quantitative estimate of drug-likeness (QED) is 0.504.